The number of rotatable bonds is 7. The molecular weight excluding hydrogens is 316 g/mol. The van der Waals surface area contributed by atoms with Crippen molar-refractivity contribution < 1.29 is 23.4 Å². The molecule has 0 heterocycles. The molecule has 2 N–H and O–H groups in total. The third kappa shape index (κ3) is 4.52. The molecule has 0 saturated carbocycles. The molecule has 0 aromatic heterocycles. The zero-order valence-corrected chi connectivity index (χ0v) is 13.3. The van der Waals surface area contributed by atoms with Crippen LogP contribution in [0.1, 0.15) is 23.7 Å². The van der Waals surface area contributed by atoms with Gasteiger partial charge in [0.15, 0.2) is 17.4 Å². The normalized spacial score (nSPS) is 10.6. The summed E-state index contributed by atoms with van der Waals surface area (Å²) < 4.78 is 31.6. The average Bonchev–Trinajstić information content (AvgIpc) is 2.59. The van der Waals surface area contributed by atoms with E-state index in [0.717, 1.165) is 18.6 Å². The van der Waals surface area contributed by atoms with Crippen molar-refractivity contribution in [2.24, 2.45) is 0 Å². The zero-order chi connectivity index (χ0) is 17.5. The van der Waals surface area contributed by atoms with Crippen LogP contribution in [0.4, 0.5) is 8.78 Å². The van der Waals surface area contributed by atoms with Crippen molar-refractivity contribution in [3.63, 3.8) is 0 Å². The number of aromatic hydroxyl groups is 1. The van der Waals surface area contributed by atoms with Crippen molar-refractivity contribution in [3.8, 4) is 16.9 Å². The Morgan fingerprint density at radius 1 is 1.17 bits per heavy atom. The summed E-state index contributed by atoms with van der Waals surface area (Å²) in [4.78, 5) is 12.0. The Balaban J connectivity index is 2.01. The second-order valence-corrected chi connectivity index (χ2v) is 5.17. The first-order valence-corrected chi connectivity index (χ1v) is 7.67. The van der Waals surface area contributed by atoms with Gasteiger partial charge in [0, 0.05) is 25.3 Å². The maximum Gasteiger partial charge on any atom is 0.251 e. The van der Waals surface area contributed by atoms with Gasteiger partial charge in [-0.3, -0.25) is 4.79 Å². The lowest BCUT2D eigenvalue weighted by Gasteiger charge is -2.07. The number of amides is 1. The van der Waals surface area contributed by atoms with Gasteiger partial charge in [0.25, 0.3) is 5.91 Å². The summed E-state index contributed by atoms with van der Waals surface area (Å²) in [5.74, 6) is -3.37. The van der Waals surface area contributed by atoms with Gasteiger partial charge in [-0.05, 0) is 48.7 Å². The second-order valence-electron chi connectivity index (χ2n) is 5.17. The maximum atomic E-state index is 13.4. The van der Waals surface area contributed by atoms with Crippen LogP contribution in [0, 0.1) is 11.6 Å². The number of carbonyl (C=O) groups excluding carboxylic acids is 1. The lowest BCUT2D eigenvalue weighted by Crippen LogP contribution is -2.25. The van der Waals surface area contributed by atoms with Gasteiger partial charge in [-0.1, -0.05) is 12.1 Å². The fraction of sp³-hybridized carbons (Fsp3) is 0.278. The van der Waals surface area contributed by atoms with Crippen LogP contribution in [0.15, 0.2) is 36.4 Å². The number of hydrogen-bond donors (Lipinski definition) is 2. The summed E-state index contributed by atoms with van der Waals surface area (Å²) in [6.45, 7) is 3.66. The molecule has 24 heavy (non-hydrogen) atoms. The van der Waals surface area contributed by atoms with Gasteiger partial charge in [0.1, 0.15) is 0 Å². The predicted molar refractivity (Wildman–Crippen MR) is 86.9 cm³/mol. The van der Waals surface area contributed by atoms with Crippen molar-refractivity contribution >= 4 is 5.91 Å². The van der Waals surface area contributed by atoms with Gasteiger partial charge >= 0.3 is 0 Å². The van der Waals surface area contributed by atoms with Gasteiger partial charge in [0.2, 0.25) is 0 Å². The fourth-order valence-corrected chi connectivity index (χ4v) is 2.18. The van der Waals surface area contributed by atoms with E-state index in [1.54, 1.807) is 24.3 Å². The smallest absolute Gasteiger partial charge is 0.251 e. The van der Waals surface area contributed by atoms with Gasteiger partial charge in [-0.25, -0.2) is 4.39 Å². The van der Waals surface area contributed by atoms with Crippen LogP contribution < -0.4 is 5.32 Å². The third-order valence-corrected chi connectivity index (χ3v) is 3.44. The Hall–Kier alpha value is -2.47. The Labute approximate surface area is 139 Å². The first-order valence-electron chi connectivity index (χ1n) is 7.67. The number of hydrogen-bond acceptors (Lipinski definition) is 3. The first kappa shape index (κ1) is 17.9. The number of carbonyl (C=O) groups is 1. The molecule has 1 amide bonds. The van der Waals surface area contributed by atoms with E-state index in [4.69, 9.17) is 4.74 Å². The molecule has 0 fully saturated rings. The molecule has 0 saturated heterocycles. The number of phenolic OH excluding ortho intramolecular Hbond substituents is 1. The van der Waals surface area contributed by atoms with Crippen molar-refractivity contribution in [3.05, 3.63) is 53.6 Å². The standard InChI is InChI=1S/C18H19F2NO3/c1-2-24-9-3-8-21-18(23)13-6-4-12(5-7-13)14-10-15(19)17(20)16(22)11-14/h4-7,10-11,22H,2-3,8-9H2,1H3,(H,21,23). The zero-order valence-electron chi connectivity index (χ0n) is 13.3. The van der Waals surface area contributed by atoms with E-state index in [9.17, 15) is 18.7 Å². The SMILES string of the molecule is CCOCCCNC(=O)c1ccc(-c2cc(O)c(F)c(F)c2)cc1. The third-order valence-electron chi connectivity index (χ3n) is 3.44. The molecule has 6 heteroatoms. The molecule has 0 aliphatic carbocycles. The summed E-state index contributed by atoms with van der Waals surface area (Å²) in [6, 6.07) is 8.54. The minimum atomic E-state index is -1.28. The number of halogens is 2. The van der Waals surface area contributed by atoms with Crippen molar-refractivity contribution in [2.45, 2.75) is 13.3 Å². The Morgan fingerprint density at radius 2 is 1.88 bits per heavy atom. The highest BCUT2D eigenvalue weighted by molar-refractivity contribution is 5.94. The summed E-state index contributed by atoms with van der Waals surface area (Å²) in [5, 5.41) is 12.1. The lowest BCUT2D eigenvalue weighted by molar-refractivity contribution is 0.0944. The van der Waals surface area contributed by atoms with Crippen LogP contribution >= 0.6 is 0 Å². The van der Waals surface area contributed by atoms with Crippen LogP contribution in [0.25, 0.3) is 11.1 Å². The number of phenols is 1. The van der Waals surface area contributed by atoms with E-state index in [1.165, 1.54) is 0 Å². The van der Waals surface area contributed by atoms with E-state index in [-0.39, 0.29) is 5.91 Å². The Bertz CT molecular complexity index is 679. The number of benzene rings is 2. The monoisotopic (exact) mass is 335 g/mol. The molecule has 0 aliphatic rings. The van der Waals surface area contributed by atoms with Crippen molar-refractivity contribution in [1.29, 1.82) is 0 Å². The summed E-state index contributed by atoms with van der Waals surface area (Å²) in [7, 11) is 0. The molecule has 4 nitrogen and oxygen atoms in total. The van der Waals surface area contributed by atoms with E-state index >= 15 is 0 Å². The number of ether oxygens (including phenoxy) is 1. The Kier molecular flexibility index (Phi) is 6.26. The molecule has 0 bridgehead atoms. The molecule has 2 rings (SSSR count). The van der Waals surface area contributed by atoms with Crippen molar-refractivity contribution in [1.82, 2.24) is 5.32 Å². The van der Waals surface area contributed by atoms with Gasteiger partial charge in [-0.2, -0.15) is 4.39 Å². The van der Waals surface area contributed by atoms with E-state index in [0.29, 0.717) is 36.4 Å². The summed E-state index contributed by atoms with van der Waals surface area (Å²) in [6.07, 6.45) is 0.728. The van der Waals surface area contributed by atoms with E-state index in [2.05, 4.69) is 5.32 Å². The highest BCUT2D eigenvalue weighted by atomic mass is 19.2. The molecule has 0 spiro atoms. The Morgan fingerprint density at radius 3 is 2.50 bits per heavy atom. The van der Waals surface area contributed by atoms with Crippen LogP contribution in [0.5, 0.6) is 5.75 Å². The van der Waals surface area contributed by atoms with E-state index < -0.39 is 17.4 Å². The summed E-state index contributed by atoms with van der Waals surface area (Å²) >= 11 is 0. The summed E-state index contributed by atoms with van der Waals surface area (Å²) in [5.41, 5.74) is 1.36. The van der Waals surface area contributed by atoms with Crippen molar-refractivity contribution in [2.75, 3.05) is 19.8 Å². The molecule has 128 valence electrons. The minimum absolute atomic E-state index is 0.216. The molecule has 0 radical (unpaired) electrons. The van der Waals surface area contributed by atoms with Gasteiger partial charge in [-0.15, -0.1) is 0 Å². The maximum absolute atomic E-state index is 13.4. The largest absolute Gasteiger partial charge is 0.505 e. The highest BCUT2D eigenvalue weighted by Crippen LogP contribution is 2.28. The highest BCUT2D eigenvalue weighted by Gasteiger charge is 2.11. The van der Waals surface area contributed by atoms with Crippen LogP contribution in [-0.4, -0.2) is 30.8 Å². The van der Waals surface area contributed by atoms with Crippen LogP contribution in [0.3, 0.4) is 0 Å². The second kappa shape index (κ2) is 8.40. The molecule has 0 unspecified atom stereocenters. The average molecular weight is 335 g/mol. The molecule has 0 aliphatic heterocycles. The van der Waals surface area contributed by atoms with Crippen LogP contribution in [-0.2, 0) is 4.74 Å². The predicted octanol–water partition coefficient (Wildman–Crippen LogP) is 3.49. The minimum Gasteiger partial charge on any atom is -0.505 e. The topological polar surface area (TPSA) is 58.6 Å². The number of nitrogens with one attached hydrogen (secondary N) is 1. The quantitative estimate of drug-likeness (QED) is 0.762. The molecule has 0 atom stereocenters. The molecule has 2 aromatic rings. The first-order chi connectivity index (χ1) is 11.5. The molecule has 2 aromatic carbocycles. The van der Waals surface area contributed by atoms with Gasteiger partial charge in [0.05, 0.1) is 0 Å². The van der Waals surface area contributed by atoms with E-state index in [1.807, 2.05) is 6.92 Å². The van der Waals surface area contributed by atoms with Crippen LogP contribution in [0.2, 0.25) is 0 Å². The fourth-order valence-electron chi connectivity index (χ4n) is 2.18. The van der Waals surface area contributed by atoms with Gasteiger partial charge < -0.3 is 15.2 Å². The lowest BCUT2D eigenvalue weighted by atomic mass is 10.0. The molecular formula is C18H19F2NO3.